The Morgan fingerprint density at radius 1 is 0.902 bits per heavy atom. The quantitative estimate of drug-likeness (QED) is 0.227. The second-order valence-electron chi connectivity index (χ2n) is 10.3. The van der Waals surface area contributed by atoms with Crippen molar-refractivity contribution in [2.45, 2.75) is 0 Å². The van der Waals surface area contributed by atoms with E-state index >= 15 is 4.39 Å². The molecular weight excluding hydrogens is 524 g/mol. The highest BCUT2D eigenvalue weighted by Gasteiger charge is 2.21. The summed E-state index contributed by atoms with van der Waals surface area (Å²) in [5, 5.41) is 10.9. The molecule has 0 unspecified atom stereocenters. The molecular formula is C30H29F2N9. The fourth-order valence-electron chi connectivity index (χ4n) is 4.80. The van der Waals surface area contributed by atoms with Gasteiger partial charge in [-0.25, -0.2) is 13.8 Å². The number of nitrogens with one attached hydrogen (secondary N) is 3. The van der Waals surface area contributed by atoms with Crippen LogP contribution in [-0.2, 0) is 0 Å². The zero-order valence-corrected chi connectivity index (χ0v) is 23.1. The fourth-order valence-corrected chi connectivity index (χ4v) is 4.80. The van der Waals surface area contributed by atoms with Crippen molar-refractivity contribution < 1.29 is 8.78 Å². The number of halogens is 2. The third-order valence-corrected chi connectivity index (χ3v) is 6.90. The molecule has 4 heterocycles. The molecule has 0 aliphatic carbocycles. The van der Waals surface area contributed by atoms with E-state index in [1.807, 2.05) is 50.1 Å². The van der Waals surface area contributed by atoms with Gasteiger partial charge < -0.3 is 20.1 Å². The lowest BCUT2D eigenvalue weighted by molar-refractivity contribution is 0.425. The van der Waals surface area contributed by atoms with Gasteiger partial charge in [-0.3, -0.25) is 15.1 Å². The van der Waals surface area contributed by atoms with Gasteiger partial charge in [-0.05, 0) is 56.6 Å². The van der Waals surface area contributed by atoms with Gasteiger partial charge in [-0.15, -0.1) is 0 Å². The smallest absolute Gasteiger partial charge is 0.159 e. The summed E-state index contributed by atoms with van der Waals surface area (Å²) in [6.07, 6.45) is 5.00. The first-order chi connectivity index (χ1) is 19.8. The molecule has 9 nitrogen and oxygen atoms in total. The van der Waals surface area contributed by atoms with Crippen molar-refractivity contribution >= 4 is 33.3 Å². The second kappa shape index (κ2) is 10.6. The van der Waals surface area contributed by atoms with E-state index in [9.17, 15) is 4.39 Å². The van der Waals surface area contributed by atoms with Gasteiger partial charge in [0.15, 0.2) is 5.82 Å². The summed E-state index contributed by atoms with van der Waals surface area (Å²) in [4.78, 5) is 20.8. The van der Waals surface area contributed by atoms with Crippen LogP contribution in [0.5, 0.6) is 0 Å². The topological polar surface area (TPSA) is 102 Å². The van der Waals surface area contributed by atoms with Crippen molar-refractivity contribution in [3.63, 3.8) is 0 Å². The van der Waals surface area contributed by atoms with Crippen LogP contribution in [0.15, 0.2) is 61.1 Å². The summed E-state index contributed by atoms with van der Waals surface area (Å²) in [6, 6.07) is 11.9. The summed E-state index contributed by atoms with van der Waals surface area (Å²) >= 11 is 0. The van der Waals surface area contributed by atoms with E-state index in [0.717, 1.165) is 12.2 Å². The Kier molecular flexibility index (Phi) is 6.80. The zero-order chi connectivity index (χ0) is 28.7. The Hall–Kier alpha value is -4.90. The van der Waals surface area contributed by atoms with Gasteiger partial charge in [-0.1, -0.05) is 0 Å². The highest BCUT2D eigenvalue weighted by Crippen LogP contribution is 2.36. The van der Waals surface area contributed by atoms with Gasteiger partial charge in [0.1, 0.15) is 22.8 Å². The second-order valence-corrected chi connectivity index (χ2v) is 10.3. The van der Waals surface area contributed by atoms with E-state index in [-0.39, 0.29) is 5.82 Å². The van der Waals surface area contributed by atoms with Crippen molar-refractivity contribution in [3.05, 3.63) is 72.7 Å². The lowest BCUT2D eigenvalue weighted by Crippen LogP contribution is -2.20. The number of aromatic amines is 2. The molecule has 41 heavy (non-hydrogen) atoms. The molecule has 0 aliphatic rings. The van der Waals surface area contributed by atoms with Crippen LogP contribution in [0.4, 0.5) is 20.2 Å². The first-order valence-electron chi connectivity index (χ1n) is 13.1. The number of benzene rings is 2. The maximum atomic E-state index is 16.1. The lowest BCUT2D eigenvalue weighted by atomic mass is 10.0. The predicted octanol–water partition coefficient (Wildman–Crippen LogP) is 5.55. The van der Waals surface area contributed by atoms with Crippen LogP contribution >= 0.6 is 0 Å². The molecule has 6 rings (SSSR count). The average molecular weight is 554 g/mol. The number of pyridine rings is 2. The number of rotatable bonds is 8. The summed E-state index contributed by atoms with van der Waals surface area (Å²) in [7, 11) is 7.78. The maximum Gasteiger partial charge on any atom is 0.159 e. The van der Waals surface area contributed by atoms with Crippen LogP contribution < -0.4 is 10.2 Å². The van der Waals surface area contributed by atoms with Gasteiger partial charge in [0, 0.05) is 62.0 Å². The minimum absolute atomic E-state index is 0.310. The maximum absolute atomic E-state index is 16.1. The number of anilines is 2. The minimum atomic E-state index is -0.429. The summed E-state index contributed by atoms with van der Waals surface area (Å²) < 4.78 is 30.7. The Labute approximate surface area is 235 Å². The molecule has 0 aliphatic heterocycles. The number of hydrogen-bond acceptors (Lipinski definition) is 7. The molecule has 4 aromatic heterocycles. The normalized spacial score (nSPS) is 11.6. The van der Waals surface area contributed by atoms with Gasteiger partial charge in [-0.2, -0.15) is 5.10 Å². The number of aromatic nitrogens is 6. The lowest BCUT2D eigenvalue weighted by Gasteiger charge is -2.13. The highest BCUT2D eigenvalue weighted by molar-refractivity contribution is 5.98. The summed E-state index contributed by atoms with van der Waals surface area (Å²) in [5.74, 6) is -0.441. The highest BCUT2D eigenvalue weighted by atomic mass is 19.1. The van der Waals surface area contributed by atoms with Crippen molar-refractivity contribution in [2.24, 2.45) is 0 Å². The molecule has 0 spiro atoms. The standard InChI is InChI=1S/C30H29F2N9/c1-40(2)10-9-34-20-12-17(11-19(31)14-20)27-28-24(7-8-35-27)36-30(37-28)29-25-23(38-39-29)6-5-22(26(25)32)18-13-21(41(3)4)16-33-15-18/h5-8,11-16,34H,9-10H2,1-4H3,(H,36,37)(H,38,39). The van der Waals surface area contributed by atoms with Gasteiger partial charge in [0.25, 0.3) is 0 Å². The molecule has 0 saturated carbocycles. The largest absolute Gasteiger partial charge is 0.384 e. The molecule has 208 valence electrons. The molecule has 0 amide bonds. The van der Waals surface area contributed by atoms with E-state index in [2.05, 4.69) is 30.5 Å². The number of fused-ring (bicyclic) bond motifs is 2. The molecule has 0 saturated heterocycles. The first-order valence-corrected chi connectivity index (χ1v) is 13.1. The monoisotopic (exact) mass is 553 g/mol. The van der Waals surface area contributed by atoms with Crippen LogP contribution in [0.2, 0.25) is 0 Å². The Bertz CT molecular complexity index is 1870. The van der Waals surface area contributed by atoms with Gasteiger partial charge in [0.2, 0.25) is 0 Å². The van der Waals surface area contributed by atoms with Crippen molar-refractivity contribution in [1.82, 2.24) is 35.0 Å². The van der Waals surface area contributed by atoms with E-state index in [0.29, 0.717) is 68.1 Å². The number of hydrogen-bond donors (Lipinski definition) is 3. The molecule has 0 atom stereocenters. The number of likely N-dealkylation sites (N-methyl/N-ethyl adjacent to an activating group) is 1. The first kappa shape index (κ1) is 26.3. The molecule has 0 fully saturated rings. The third-order valence-electron chi connectivity index (χ3n) is 6.90. The molecule has 3 N–H and O–H groups in total. The van der Waals surface area contributed by atoms with Crippen LogP contribution in [0, 0.1) is 11.6 Å². The number of nitrogens with zero attached hydrogens (tertiary/aromatic N) is 6. The Morgan fingerprint density at radius 2 is 1.76 bits per heavy atom. The van der Waals surface area contributed by atoms with E-state index in [1.165, 1.54) is 12.1 Å². The van der Waals surface area contributed by atoms with E-state index in [1.54, 1.807) is 36.8 Å². The van der Waals surface area contributed by atoms with E-state index in [4.69, 9.17) is 4.98 Å². The SMILES string of the molecule is CN(C)CCNc1cc(F)cc(-c2nccc3[nH]c(-c4n[nH]c5ccc(-c6cncc(N(C)C)c6)c(F)c45)nc23)c1. The van der Waals surface area contributed by atoms with Crippen molar-refractivity contribution in [1.29, 1.82) is 0 Å². The van der Waals surface area contributed by atoms with Gasteiger partial charge >= 0.3 is 0 Å². The van der Waals surface area contributed by atoms with E-state index < -0.39 is 5.82 Å². The molecule has 6 aromatic rings. The molecule has 2 aromatic carbocycles. The number of H-pyrrole nitrogens is 2. The third kappa shape index (κ3) is 5.07. The van der Waals surface area contributed by atoms with Crippen LogP contribution in [-0.4, -0.2) is 76.3 Å². The number of imidazole rings is 1. The molecule has 0 radical (unpaired) electrons. The van der Waals surface area contributed by atoms with Crippen LogP contribution in [0.25, 0.3) is 55.8 Å². The average Bonchev–Trinajstić information content (AvgIpc) is 3.57. The Morgan fingerprint density at radius 3 is 2.56 bits per heavy atom. The molecule has 0 bridgehead atoms. The zero-order valence-electron chi connectivity index (χ0n) is 23.1. The van der Waals surface area contributed by atoms with Crippen molar-refractivity contribution in [3.8, 4) is 33.9 Å². The minimum Gasteiger partial charge on any atom is -0.384 e. The van der Waals surface area contributed by atoms with Gasteiger partial charge in [0.05, 0.1) is 34.0 Å². The molecule has 11 heteroatoms. The van der Waals surface area contributed by atoms with Crippen molar-refractivity contribution in [2.75, 3.05) is 51.5 Å². The van der Waals surface area contributed by atoms with Crippen LogP contribution in [0.3, 0.4) is 0 Å². The Balaban J connectivity index is 1.42. The fraction of sp³-hybridized carbons (Fsp3) is 0.200. The summed E-state index contributed by atoms with van der Waals surface area (Å²) in [5.41, 5.74) is 5.73. The predicted molar refractivity (Wildman–Crippen MR) is 159 cm³/mol. The summed E-state index contributed by atoms with van der Waals surface area (Å²) in [6.45, 7) is 1.46. The van der Waals surface area contributed by atoms with Crippen LogP contribution in [0.1, 0.15) is 0 Å².